The lowest BCUT2D eigenvalue weighted by Gasteiger charge is -2.01. The molecule has 21 heavy (non-hydrogen) atoms. The highest BCUT2D eigenvalue weighted by molar-refractivity contribution is 9.10. The van der Waals surface area contributed by atoms with E-state index < -0.39 is 11.7 Å². The van der Waals surface area contributed by atoms with Gasteiger partial charge in [0, 0.05) is 11.8 Å². The average Bonchev–Trinajstić information content (AvgIpc) is 2.85. The Morgan fingerprint density at radius 3 is 2.71 bits per heavy atom. The summed E-state index contributed by atoms with van der Waals surface area (Å²) in [6.07, 6.45) is 0. The normalized spacial score (nSPS) is 10.8. The SMILES string of the molecule is O=C(Nc1ccc(O)cc1)c1nc2cc(F)cc(Br)c2o1. The first-order valence-corrected chi connectivity index (χ1v) is 6.68. The number of hydrogen-bond acceptors (Lipinski definition) is 4. The quantitative estimate of drug-likeness (QED) is 0.691. The summed E-state index contributed by atoms with van der Waals surface area (Å²) in [6, 6.07) is 8.36. The lowest BCUT2D eigenvalue weighted by molar-refractivity contribution is 0.0992. The molecule has 2 N–H and O–H groups in total. The number of phenols is 1. The van der Waals surface area contributed by atoms with E-state index in [1.165, 1.54) is 36.4 Å². The van der Waals surface area contributed by atoms with E-state index in [1.807, 2.05) is 0 Å². The monoisotopic (exact) mass is 350 g/mol. The standard InChI is InChI=1S/C14H8BrFN2O3/c15-10-5-7(16)6-11-12(10)21-14(18-11)13(20)17-8-1-3-9(19)4-2-8/h1-6,19H,(H,17,20). The molecular weight excluding hydrogens is 343 g/mol. The van der Waals surface area contributed by atoms with Crippen LogP contribution in [0.2, 0.25) is 0 Å². The smallest absolute Gasteiger partial charge is 0.311 e. The first-order chi connectivity index (χ1) is 10.0. The molecule has 0 aliphatic carbocycles. The summed E-state index contributed by atoms with van der Waals surface area (Å²) in [7, 11) is 0. The second-order valence-electron chi connectivity index (χ2n) is 4.26. The minimum atomic E-state index is -0.566. The van der Waals surface area contributed by atoms with Crippen molar-refractivity contribution in [3.8, 4) is 5.75 Å². The van der Waals surface area contributed by atoms with E-state index in [1.54, 1.807) is 0 Å². The van der Waals surface area contributed by atoms with Crippen LogP contribution in [0.1, 0.15) is 10.7 Å². The molecule has 0 aliphatic heterocycles. The largest absolute Gasteiger partial charge is 0.508 e. The van der Waals surface area contributed by atoms with Crippen LogP contribution in [0.15, 0.2) is 45.3 Å². The van der Waals surface area contributed by atoms with Gasteiger partial charge in [-0.15, -0.1) is 0 Å². The van der Waals surface area contributed by atoms with E-state index in [0.29, 0.717) is 15.7 Å². The molecule has 0 fully saturated rings. The molecule has 0 saturated heterocycles. The molecule has 0 spiro atoms. The van der Waals surface area contributed by atoms with Gasteiger partial charge in [0.25, 0.3) is 5.89 Å². The number of fused-ring (bicyclic) bond motifs is 1. The van der Waals surface area contributed by atoms with Crippen LogP contribution in [-0.2, 0) is 0 Å². The maximum atomic E-state index is 13.3. The number of oxazole rings is 1. The fraction of sp³-hybridized carbons (Fsp3) is 0. The van der Waals surface area contributed by atoms with E-state index in [4.69, 9.17) is 4.42 Å². The van der Waals surface area contributed by atoms with Gasteiger partial charge in [0.2, 0.25) is 0 Å². The highest BCUT2D eigenvalue weighted by atomic mass is 79.9. The number of carbonyl (C=O) groups excluding carboxylic acids is 1. The molecule has 0 unspecified atom stereocenters. The lowest BCUT2D eigenvalue weighted by atomic mass is 10.3. The summed E-state index contributed by atoms with van der Waals surface area (Å²) in [5.41, 5.74) is 1.02. The van der Waals surface area contributed by atoms with E-state index in [-0.39, 0.29) is 17.2 Å². The Labute approximate surface area is 126 Å². The summed E-state index contributed by atoms with van der Waals surface area (Å²) in [6.45, 7) is 0. The number of halogens is 2. The molecule has 0 aliphatic rings. The Bertz CT molecular complexity index is 830. The number of aromatic nitrogens is 1. The first kappa shape index (κ1) is 13.6. The number of aromatic hydroxyl groups is 1. The number of hydrogen-bond donors (Lipinski definition) is 2. The fourth-order valence-corrected chi connectivity index (χ4v) is 2.29. The van der Waals surface area contributed by atoms with Crippen LogP contribution in [0.5, 0.6) is 5.75 Å². The molecule has 106 valence electrons. The third kappa shape index (κ3) is 2.73. The van der Waals surface area contributed by atoms with Gasteiger partial charge in [-0.1, -0.05) is 0 Å². The van der Waals surface area contributed by atoms with Crippen molar-refractivity contribution in [3.05, 3.63) is 52.6 Å². The van der Waals surface area contributed by atoms with Crippen molar-refractivity contribution < 1.29 is 18.7 Å². The number of rotatable bonds is 2. The lowest BCUT2D eigenvalue weighted by Crippen LogP contribution is -2.11. The van der Waals surface area contributed by atoms with Crippen molar-refractivity contribution in [1.29, 1.82) is 0 Å². The van der Waals surface area contributed by atoms with Gasteiger partial charge in [-0.2, -0.15) is 0 Å². The summed E-state index contributed by atoms with van der Waals surface area (Å²) < 4.78 is 19.0. The van der Waals surface area contributed by atoms with E-state index in [9.17, 15) is 14.3 Å². The fourth-order valence-electron chi connectivity index (χ4n) is 1.79. The van der Waals surface area contributed by atoms with Crippen molar-refractivity contribution >= 4 is 38.6 Å². The van der Waals surface area contributed by atoms with E-state index in [2.05, 4.69) is 26.2 Å². The Hall–Kier alpha value is -2.41. The molecule has 2 aromatic carbocycles. The number of nitrogens with zero attached hydrogens (tertiary/aromatic N) is 1. The van der Waals surface area contributed by atoms with Crippen molar-refractivity contribution in [2.75, 3.05) is 5.32 Å². The average molecular weight is 351 g/mol. The Kier molecular flexibility index (Phi) is 3.34. The van der Waals surface area contributed by atoms with Crippen LogP contribution in [0.4, 0.5) is 10.1 Å². The molecule has 3 aromatic rings. The number of carbonyl (C=O) groups is 1. The van der Waals surface area contributed by atoms with Crippen LogP contribution in [0.25, 0.3) is 11.1 Å². The van der Waals surface area contributed by atoms with Crippen molar-refractivity contribution in [3.63, 3.8) is 0 Å². The number of amides is 1. The molecule has 1 aromatic heterocycles. The zero-order valence-corrected chi connectivity index (χ0v) is 12.0. The van der Waals surface area contributed by atoms with Crippen molar-refractivity contribution in [2.24, 2.45) is 0 Å². The summed E-state index contributed by atoms with van der Waals surface area (Å²) in [5.74, 6) is -1.13. The van der Waals surface area contributed by atoms with Gasteiger partial charge in [-0.3, -0.25) is 4.79 Å². The predicted octanol–water partition coefficient (Wildman–Crippen LogP) is 3.69. The molecule has 3 rings (SSSR count). The second kappa shape index (κ2) is 5.17. The molecule has 7 heteroatoms. The number of benzene rings is 2. The third-order valence-corrected chi connectivity index (χ3v) is 3.32. The maximum Gasteiger partial charge on any atom is 0.311 e. The first-order valence-electron chi connectivity index (χ1n) is 5.89. The van der Waals surface area contributed by atoms with Gasteiger partial charge in [-0.25, -0.2) is 9.37 Å². The Morgan fingerprint density at radius 1 is 1.29 bits per heavy atom. The molecule has 0 bridgehead atoms. The highest BCUT2D eigenvalue weighted by Gasteiger charge is 2.17. The maximum absolute atomic E-state index is 13.3. The summed E-state index contributed by atoms with van der Waals surface area (Å²) in [5, 5.41) is 11.7. The zero-order chi connectivity index (χ0) is 15.0. The summed E-state index contributed by atoms with van der Waals surface area (Å²) >= 11 is 3.15. The second-order valence-corrected chi connectivity index (χ2v) is 5.11. The Morgan fingerprint density at radius 2 is 2.00 bits per heavy atom. The molecule has 0 saturated carbocycles. The van der Waals surface area contributed by atoms with E-state index >= 15 is 0 Å². The van der Waals surface area contributed by atoms with Crippen LogP contribution in [-0.4, -0.2) is 16.0 Å². The van der Waals surface area contributed by atoms with Crippen molar-refractivity contribution in [2.45, 2.75) is 0 Å². The van der Waals surface area contributed by atoms with Gasteiger partial charge in [0.15, 0.2) is 5.58 Å². The van der Waals surface area contributed by atoms with Crippen LogP contribution in [0.3, 0.4) is 0 Å². The minimum absolute atomic E-state index is 0.0919. The topological polar surface area (TPSA) is 75.4 Å². The molecule has 1 heterocycles. The van der Waals surface area contributed by atoms with Crippen LogP contribution in [0, 0.1) is 5.82 Å². The number of phenolic OH excluding ortho intramolecular Hbond substituents is 1. The van der Waals surface area contributed by atoms with Crippen molar-refractivity contribution in [1.82, 2.24) is 4.98 Å². The number of nitrogens with one attached hydrogen (secondary N) is 1. The van der Waals surface area contributed by atoms with Gasteiger partial charge < -0.3 is 14.8 Å². The van der Waals surface area contributed by atoms with Crippen LogP contribution >= 0.6 is 15.9 Å². The van der Waals surface area contributed by atoms with E-state index in [0.717, 1.165) is 0 Å². The molecular formula is C14H8BrFN2O3. The minimum Gasteiger partial charge on any atom is -0.508 e. The highest BCUT2D eigenvalue weighted by Crippen LogP contribution is 2.26. The summed E-state index contributed by atoms with van der Waals surface area (Å²) in [4.78, 5) is 16.0. The molecule has 1 amide bonds. The molecule has 0 atom stereocenters. The Balaban J connectivity index is 1.91. The van der Waals surface area contributed by atoms with Crippen LogP contribution < -0.4 is 5.32 Å². The predicted molar refractivity (Wildman–Crippen MR) is 77.7 cm³/mol. The molecule has 0 radical (unpaired) electrons. The zero-order valence-electron chi connectivity index (χ0n) is 10.4. The third-order valence-electron chi connectivity index (χ3n) is 2.73. The molecule has 5 nitrogen and oxygen atoms in total. The van der Waals surface area contributed by atoms with Gasteiger partial charge in [0.05, 0.1) is 4.47 Å². The van der Waals surface area contributed by atoms with Gasteiger partial charge in [0.1, 0.15) is 17.1 Å². The van der Waals surface area contributed by atoms with Gasteiger partial charge >= 0.3 is 5.91 Å². The number of anilines is 1. The van der Waals surface area contributed by atoms with Gasteiger partial charge in [-0.05, 0) is 46.3 Å².